The maximum atomic E-state index is 11.6. The van der Waals surface area contributed by atoms with Crippen molar-refractivity contribution in [3.8, 4) is 11.3 Å². The van der Waals surface area contributed by atoms with E-state index in [-0.39, 0.29) is 5.82 Å². The standard InChI is InChI=1S/C19H15ClN4O2/c1-26-19(25)18-21-11-14(22-18)10-15-17(12-5-7-13(20)8-6-12)23-16-4-2-3-9-24(15)16/h2-9,11H,10H2,1H3,(H,21,22). The Morgan fingerprint density at radius 3 is 2.81 bits per heavy atom. The first-order valence-corrected chi connectivity index (χ1v) is 8.37. The number of benzene rings is 1. The second-order valence-corrected chi connectivity index (χ2v) is 6.20. The molecule has 6 nitrogen and oxygen atoms in total. The fourth-order valence-corrected chi connectivity index (χ4v) is 3.01. The second kappa shape index (κ2) is 6.65. The lowest BCUT2D eigenvalue weighted by atomic mass is 10.1. The van der Waals surface area contributed by atoms with Crippen LogP contribution < -0.4 is 0 Å². The number of nitrogens with zero attached hydrogens (tertiary/aromatic N) is 3. The summed E-state index contributed by atoms with van der Waals surface area (Å²) in [5.74, 6) is -0.309. The van der Waals surface area contributed by atoms with Gasteiger partial charge in [0.2, 0.25) is 5.82 Å². The molecule has 0 radical (unpaired) electrons. The Kier molecular flexibility index (Phi) is 4.18. The van der Waals surface area contributed by atoms with Gasteiger partial charge in [0.15, 0.2) is 0 Å². The van der Waals surface area contributed by atoms with E-state index in [0.29, 0.717) is 11.4 Å². The molecule has 0 aliphatic rings. The number of fused-ring (bicyclic) bond motifs is 1. The maximum Gasteiger partial charge on any atom is 0.374 e. The molecule has 0 bridgehead atoms. The van der Waals surface area contributed by atoms with Crippen molar-refractivity contribution in [1.82, 2.24) is 19.4 Å². The molecule has 1 aromatic carbocycles. The highest BCUT2D eigenvalue weighted by atomic mass is 35.5. The number of esters is 1. The third-order valence-corrected chi connectivity index (χ3v) is 4.36. The zero-order chi connectivity index (χ0) is 18.1. The van der Waals surface area contributed by atoms with Crippen LogP contribution in [0.2, 0.25) is 5.02 Å². The molecule has 3 heterocycles. The van der Waals surface area contributed by atoms with E-state index >= 15 is 0 Å². The first kappa shape index (κ1) is 16.4. The van der Waals surface area contributed by atoms with E-state index in [0.717, 1.165) is 28.3 Å². The van der Waals surface area contributed by atoms with Gasteiger partial charge in [-0.05, 0) is 24.3 Å². The summed E-state index contributed by atoms with van der Waals surface area (Å²) in [7, 11) is 1.33. The zero-order valence-corrected chi connectivity index (χ0v) is 14.7. The molecule has 0 aliphatic heterocycles. The Labute approximate surface area is 154 Å². The molecule has 0 aliphatic carbocycles. The van der Waals surface area contributed by atoms with Gasteiger partial charge in [-0.15, -0.1) is 0 Å². The Hall–Kier alpha value is -3.12. The van der Waals surface area contributed by atoms with E-state index in [4.69, 9.17) is 21.3 Å². The minimum atomic E-state index is -0.493. The Balaban J connectivity index is 1.80. The second-order valence-electron chi connectivity index (χ2n) is 5.77. The van der Waals surface area contributed by atoms with Crippen molar-refractivity contribution in [3.05, 3.63) is 77.1 Å². The summed E-state index contributed by atoms with van der Waals surface area (Å²) >= 11 is 6.01. The highest BCUT2D eigenvalue weighted by molar-refractivity contribution is 6.30. The third kappa shape index (κ3) is 2.95. The van der Waals surface area contributed by atoms with Crippen LogP contribution in [0, 0.1) is 0 Å². The lowest BCUT2D eigenvalue weighted by Gasteiger charge is -2.04. The van der Waals surface area contributed by atoms with E-state index in [1.54, 1.807) is 6.20 Å². The van der Waals surface area contributed by atoms with Crippen LogP contribution in [0.15, 0.2) is 54.9 Å². The molecule has 0 saturated carbocycles. The number of aromatic nitrogens is 4. The average molecular weight is 367 g/mol. The number of methoxy groups -OCH3 is 1. The van der Waals surface area contributed by atoms with Crippen molar-refractivity contribution in [1.29, 1.82) is 0 Å². The Morgan fingerprint density at radius 2 is 2.04 bits per heavy atom. The van der Waals surface area contributed by atoms with E-state index < -0.39 is 5.97 Å². The number of ether oxygens (including phenoxy) is 1. The summed E-state index contributed by atoms with van der Waals surface area (Å²) in [6.07, 6.45) is 4.14. The number of carbonyl (C=O) groups is 1. The third-order valence-electron chi connectivity index (χ3n) is 4.11. The van der Waals surface area contributed by atoms with Gasteiger partial charge in [-0.25, -0.2) is 14.8 Å². The van der Waals surface area contributed by atoms with Crippen LogP contribution in [0.25, 0.3) is 16.9 Å². The number of rotatable bonds is 4. The van der Waals surface area contributed by atoms with Gasteiger partial charge in [0.25, 0.3) is 0 Å². The van der Waals surface area contributed by atoms with Crippen LogP contribution in [0.5, 0.6) is 0 Å². The monoisotopic (exact) mass is 366 g/mol. The van der Waals surface area contributed by atoms with E-state index in [1.807, 2.05) is 53.1 Å². The molecule has 4 rings (SSSR count). The van der Waals surface area contributed by atoms with Gasteiger partial charge in [-0.2, -0.15) is 0 Å². The highest BCUT2D eigenvalue weighted by Crippen LogP contribution is 2.27. The molecule has 0 unspecified atom stereocenters. The van der Waals surface area contributed by atoms with Gasteiger partial charge in [0.1, 0.15) is 5.65 Å². The van der Waals surface area contributed by atoms with Gasteiger partial charge >= 0.3 is 5.97 Å². The van der Waals surface area contributed by atoms with E-state index in [2.05, 4.69) is 9.97 Å². The number of nitrogens with one attached hydrogen (secondary N) is 1. The summed E-state index contributed by atoms with van der Waals surface area (Å²) < 4.78 is 6.73. The number of H-pyrrole nitrogens is 1. The molecular formula is C19H15ClN4O2. The van der Waals surface area contributed by atoms with Gasteiger partial charge in [-0.1, -0.05) is 29.8 Å². The Bertz CT molecular complexity index is 1080. The van der Waals surface area contributed by atoms with Crippen molar-refractivity contribution < 1.29 is 9.53 Å². The van der Waals surface area contributed by atoms with Crippen LogP contribution in [-0.4, -0.2) is 32.4 Å². The van der Waals surface area contributed by atoms with Crippen LogP contribution >= 0.6 is 11.6 Å². The Morgan fingerprint density at radius 1 is 1.23 bits per heavy atom. The van der Waals surface area contributed by atoms with E-state index in [1.165, 1.54) is 7.11 Å². The molecule has 4 aromatic rings. The summed E-state index contributed by atoms with van der Waals surface area (Å²) in [6, 6.07) is 13.4. The number of imidazole rings is 2. The molecule has 0 atom stereocenters. The van der Waals surface area contributed by atoms with Crippen molar-refractivity contribution in [2.75, 3.05) is 7.11 Å². The van der Waals surface area contributed by atoms with Crippen molar-refractivity contribution >= 4 is 23.2 Å². The number of hydrogen-bond acceptors (Lipinski definition) is 4. The average Bonchev–Trinajstić information content (AvgIpc) is 3.27. The van der Waals surface area contributed by atoms with Crippen LogP contribution in [-0.2, 0) is 11.2 Å². The quantitative estimate of drug-likeness (QED) is 0.558. The number of aromatic amines is 1. The van der Waals surface area contributed by atoms with Crippen LogP contribution in [0.1, 0.15) is 22.0 Å². The molecular weight excluding hydrogens is 352 g/mol. The summed E-state index contributed by atoms with van der Waals surface area (Å²) in [5, 5.41) is 0.676. The number of carbonyl (C=O) groups excluding carboxylic acids is 1. The number of halogens is 1. The lowest BCUT2D eigenvalue weighted by molar-refractivity contribution is 0.0588. The maximum absolute atomic E-state index is 11.6. The normalized spacial score (nSPS) is 11.0. The topological polar surface area (TPSA) is 72.3 Å². The number of hydrogen-bond donors (Lipinski definition) is 1. The number of pyridine rings is 1. The first-order valence-electron chi connectivity index (χ1n) is 8.00. The zero-order valence-electron chi connectivity index (χ0n) is 13.9. The lowest BCUT2D eigenvalue weighted by Crippen LogP contribution is -2.04. The summed E-state index contributed by atoms with van der Waals surface area (Å²) in [4.78, 5) is 23.5. The molecule has 1 N–H and O–H groups in total. The molecule has 7 heteroatoms. The molecule has 130 valence electrons. The predicted octanol–water partition coefficient (Wildman–Crippen LogP) is 3.76. The van der Waals surface area contributed by atoms with E-state index in [9.17, 15) is 4.79 Å². The fourth-order valence-electron chi connectivity index (χ4n) is 2.88. The molecule has 0 spiro atoms. The van der Waals surface area contributed by atoms with Crippen molar-refractivity contribution in [3.63, 3.8) is 0 Å². The molecule has 3 aromatic heterocycles. The van der Waals surface area contributed by atoms with Gasteiger partial charge in [-0.3, -0.25) is 0 Å². The SMILES string of the molecule is COC(=O)c1ncc(Cc2c(-c3ccc(Cl)cc3)nc3ccccn23)[nH]1. The van der Waals surface area contributed by atoms with Gasteiger partial charge < -0.3 is 14.1 Å². The molecule has 0 amide bonds. The predicted molar refractivity (Wildman–Crippen MR) is 98.4 cm³/mol. The fraction of sp³-hybridized carbons (Fsp3) is 0.105. The van der Waals surface area contributed by atoms with Crippen molar-refractivity contribution in [2.24, 2.45) is 0 Å². The largest absolute Gasteiger partial charge is 0.463 e. The summed E-state index contributed by atoms with van der Waals surface area (Å²) in [5.41, 5.74) is 4.47. The minimum absolute atomic E-state index is 0.185. The summed E-state index contributed by atoms with van der Waals surface area (Å²) in [6.45, 7) is 0. The van der Waals surface area contributed by atoms with Crippen molar-refractivity contribution in [2.45, 2.75) is 6.42 Å². The van der Waals surface area contributed by atoms with Gasteiger partial charge in [0, 0.05) is 35.1 Å². The van der Waals surface area contributed by atoms with Crippen LogP contribution in [0.3, 0.4) is 0 Å². The molecule has 0 saturated heterocycles. The highest BCUT2D eigenvalue weighted by Gasteiger charge is 2.17. The smallest absolute Gasteiger partial charge is 0.374 e. The van der Waals surface area contributed by atoms with Gasteiger partial charge in [0.05, 0.1) is 18.5 Å². The molecule has 0 fully saturated rings. The van der Waals surface area contributed by atoms with Crippen LogP contribution in [0.4, 0.5) is 0 Å². The minimum Gasteiger partial charge on any atom is -0.463 e. The first-order chi connectivity index (χ1) is 12.7. The molecule has 26 heavy (non-hydrogen) atoms.